The number of hydrogen-bond acceptors (Lipinski definition) is 5. The van der Waals surface area contributed by atoms with Gasteiger partial charge in [-0.1, -0.05) is 12.8 Å². The highest BCUT2D eigenvalue weighted by Crippen LogP contribution is 2.24. The Labute approximate surface area is 153 Å². The van der Waals surface area contributed by atoms with Crippen molar-refractivity contribution in [3.05, 3.63) is 11.1 Å². The normalized spacial score (nSPS) is 25.7. The minimum Gasteiger partial charge on any atom is -0.344 e. The maximum absolute atomic E-state index is 12.6. The van der Waals surface area contributed by atoms with Crippen LogP contribution < -0.4 is 10.6 Å². The van der Waals surface area contributed by atoms with Gasteiger partial charge in [0.2, 0.25) is 11.8 Å². The Morgan fingerprint density at radius 1 is 1.24 bits per heavy atom. The number of aryl methyl sites for hydroxylation is 1. The van der Waals surface area contributed by atoms with Crippen molar-refractivity contribution in [2.24, 2.45) is 5.92 Å². The van der Waals surface area contributed by atoms with E-state index in [1.807, 2.05) is 19.4 Å². The van der Waals surface area contributed by atoms with Gasteiger partial charge < -0.3 is 15.5 Å². The van der Waals surface area contributed by atoms with E-state index in [1.165, 1.54) is 30.6 Å². The summed E-state index contributed by atoms with van der Waals surface area (Å²) in [6.45, 7) is 2.63. The maximum atomic E-state index is 12.6. The summed E-state index contributed by atoms with van der Waals surface area (Å²) < 4.78 is 0. The third kappa shape index (κ3) is 5.01. The van der Waals surface area contributed by atoms with Gasteiger partial charge in [-0.25, -0.2) is 4.98 Å². The molecule has 1 aromatic heterocycles. The number of amides is 2. The summed E-state index contributed by atoms with van der Waals surface area (Å²) in [5.74, 6) is -0.305. The van der Waals surface area contributed by atoms with E-state index in [0.29, 0.717) is 17.2 Å². The Hall–Kier alpha value is -1.47. The minimum absolute atomic E-state index is 0.0535. The van der Waals surface area contributed by atoms with Crippen LogP contribution in [0.25, 0.3) is 0 Å². The fourth-order valence-corrected chi connectivity index (χ4v) is 4.18. The molecule has 2 amide bonds. The molecule has 138 valence electrons. The number of likely N-dealkylation sites (N-methyl/N-ethyl adjacent to an activating group) is 1. The summed E-state index contributed by atoms with van der Waals surface area (Å²) in [6, 6.07) is 0.948. The van der Waals surface area contributed by atoms with Crippen molar-refractivity contribution in [1.29, 1.82) is 0 Å². The summed E-state index contributed by atoms with van der Waals surface area (Å²) >= 11 is 1.42. The van der Waals surface area contributed by atoms with Crippen LogP contribution in [0.15, 0.2) is 5.38 Å². The van der Waals surface area contributed by atoms with Crippen molar-refractivity contribution < 1.29 is 9.59 Å². The largest absolute Gasteiger partial charge is 0.344 e. The first-order chi connectivity index (χ1) is 12.0. The van der Waals surface area contributed by atoms with Gasteiger partial charge in [-0.2, -0.15) is 0 Å². The van der Waals surface area contributed by atoms with Crippen molar-refractivity contribution in [3.8, 4) is 0 Å². The molecule has 0 unspecified atom stereocenters. The molecule has 1 aliphatic heterocycles. The first-order valence-electron chi connectivity index (χ1n) is 9.24. The van der Waals surface area contributed by atoms with E-state index in [1.54, 1.807) is 4.90 Å². The van der Waals surface area contributed by atoms with E-state index in [0.717, 1.165) is 31.5 Å². The zero-order valence-electron chi connectivity index (χ0n) is 15.1. The molecule has 0 radical (unpaired) electrons. The molecule has 3 rings (SSSR count). The van der Waals surface area contributed by atoms with E-state index >= 15 is 0 Å². The van der Waals surface area contributed by atoms with Crippen LogP contribution in [0, 0.1) is 12.8 Å². The monoisotopic (exact) mass is 364 g/mol. The van der Waals surface area contributed by atoms with Gasteiger partial charge in [0.25, 0.3) is 0 Å². The summed E-state index contributed by atoms with van der Waals surface area (Å²) in [4.78, 5) is 31.2. The fraction of sp³-hybridized carbons (Fsp3) is 0.722. The second-order valence-electron chi connectivity index (χ2n) is 7.38. The molecule has 7 heteroatoms. The lowest BCUT2D eigenvalue weighted by Gasteiger charge is -2.33. The van der Waals surface area contributed by atoms with E-state index < -0.39 is 0 Å². The summed E-state index contributed by atoms with van der Waals surface area (Å²) in [5.41, 5.74) is 0.899. The number of hydrogen-bond donors (Lipinski definition) is 2. The molecule has 1 aromatic rings. The number of carbonyl (C=O) groups is 2. The number of thiazole rings is 1. The molecule has 0 spiro atoms. The molecule has 2 atom stereocenters. The third-order valence-electron chi connectivity index (χ3n) is 5.24. The summed E-state index contributed by atoms with van der Waals surface area (Å²) in [5, 5.41) is 9.10. The standard InChI is InChI=1S/C18H28N4O2S/c1-12-11-25-18(19-12)21-17(24)13-5-3-8-15(20-14-6-4-7-14)10-22(2)16(23)9-13/h11,13-15,20H,3-10H2,1-2H3,(H,19,21,24)/t13-,15-/m1/s1. The van der Waals surface area contributed by atoms with Gasteiger partial charge in [0.1, 0.15) is 0 Å². The van der Waals surface area contributed by atoms with E-state index in [2.05, 4.69) is 15.6 Å². The van der Waals surface area contributed by atoms with Crippen LogP contribution in [-0.4, -0.2) is 47.4 Å². The van der Waals surface area contributed by atoms with Crippen LogP contribution in [0.2, 0.25) is 0 Å². The van der Waals surface area contributed by atoms with Crippen LogP contribution in [0.3, 0.4) is 0 Å². The molecule has 0 bridgehead atoms. The molecule has 2 aliphatic rings. The van der Waals surface area contributed by atoms with E-state index in [4.69, 9.17) is 0 Å². The SMILES string of the molecule is Cc1csc(NC(=O)[C@@H]2CCC[C@@H](NC3CCC3)CN(C)C(=O)C2)n1. The van der Waals surface area contributed by atoms with Crippen LogP contribution >= 0.6 is 11.3 Å². The molecular weight excluding hydrogens is 336 g/mol. The molecule has 1 aliphatic carbocycles. The average molecular weight is 365 g/mol. The van der Waals surface area contributed by atoms with E-state index in [9.17, 15) is 9.59 Å². The number of nitrogens with zero attached hydrogens (tertiary/aromatic N) is 2. The number of anilines is 1. The van der Waals surface area contributed by atoms with Crippen molar-refractivity contribution in [3.63, 3.8) is 0 Å². The molecule has 6 nitrogen and oxygen atoms in total. The smallest absolute Gasteiger partial charge is 0.229 e. The molecule has 2 fully saturated rings. The first kappa shape index (κ1) is 18.3. The molecule has 1 saturated heterocycles. The Bertz CT molecular complexity index is 614. The van der Waals surface area contributed by atoms with Gasteiger partial charge in [-0.05, 0) is 32.6 Å². The van der Waals surface area contributed by atoms with Crippen LogP contribution in [-0.2, 0) is 9.59 Å². The molecular formula is C18H28N4O2S. The fourth-order valence-electron chi connectivity index (χ4n) is 3.49. The Morgan fingerprint density at radius 3 is 2.60 bits per heavy atom. The van der Waals surface area contributed by atoms with Crippen molar-refractivity contribution >= 4 is 28.3 Å². The molecule has 2 heterocycles. The lowest BCUT2D eigenvalue weighted by molar-refractivity contribution is -0.134. The number of carbonyl (C=O) groups excluding carboxylic acids is 2. The van der Waals surface area contributed by atoms with Gasteiger partial charge >= 0.3 is 0 Å². The predicted molar refractivity (Wildman–Crippen MR) is 99.6 cm³/mol. The Morgan fingerprint density at radius 2 is 1.96 bits per heavy atom. The second-order valence-corrected chi connectivity index (χ2v) is 8.24. The van der Waals surface area contributed by atoms with Crippen LogP contribution in [0.5, 0.6) is 0 Å². The van der Waals surface area contributed by atoms with Gasteiger partial charge in [0.05, 0.1) is 5.69 Å². The highest BCUT2D eigenvalue weighted by atomic mass is 32.1. The summed E-state index contributed by atoms with van der Waals surface area (Å²) in [7, 11) is 1.85. The molecule has 0 aromatic carbocycles. The quantitative estimate of drug-likeness (QED) is 0.861. The number of rotatable bonds is 4. The summed E-state index contributed by atoms with van der Waals surface area (Å²) in [6.07, 6.45) is 6.78. The highest BCUT2D eigenvalue weighted by Gasteiger charge is 2.29. The average Bonchev–Trinajstić information content (AvgIpc) is 2.95. The molecule has 1 saturated carbocycles. The number of nitrogens with one attached hydrogen (secondary N) is 2. The lowest BCUT2D eigenvalue weighted by Crippen LogP contribution is -2.48. The minimum atomic E-state index is -0.276. The van der Waals surface area contributed by atoms with Gasteiger partial charge in [0.15, 0.2) is 5.13 Å². The molecule has 25 heavy (non-hydrogen) atoms. The molecule has 2 N–H and O–H groups in total. The van der Waals surface area contributed by atoms with E-state index in [-0.39, 0.29) is 24.2 Å². The maximum Gasteiger partial charge on any atom is 0.229 e. The highest BCUT2D eigenvalue weighted by molar-refractivity contribution is 7.13. The zero-order valence-corrected chi connectivity index (χ0v) is 15.9. The van der Waals surface area contributed by atoms with Crippen LogP contribution in [0.4, 0.5) is 5.13 Å². The Kier molecular flexibility index (Phi) is 6.06. The lowest BCUT2D eigenvalue weighted by atomic mass is 9.91. The third-order valence-corrected chi connectivity index (χ3v) is 6.12. The van der Waals surface area contributed by atoms with Crippen molar-refractivity contribution in [2.75, 3.05) is 18.9 Å². The topological polar surface area (TPSA) is 74.3 Å². The van der Waals surface area contributed by atoms with Gasteiger partial charge in [-0.15, -0.1) is 11.3 Å². The van der Waals surface area contributed by atoms with Gasteiger partial charge in [0, 0.05) is 43.4 Å². The predicted octanol–water partition coefficient (Wildman–Crippen LogP) is 2.55. The Balaban J connectivity index is 1.59. The van der Waals surface area contributed by atoms with Crippen molar-refractivity contribution in [2.45, 2.75) is 64.0 Å². The van der Waals surface area contributed by atoms with Gasteiger partial charge in [-0.3, -0.25) is 9.59 Å². The second kappa shape index (κ2) is 8.27. The first-order valence-corrected chi connectivity index (χ1v) is 10.1. The zero-order chi connectivity index (χ0) is 17.8. The number of aromatic nitrogens is 1. The van der Waals surface area contributed by atoms with Crippen molar-refractivity contribution in [1.82, 2.24) is 15.2 Å². The van der Waals surface area contributed by atoms with Crippen LogP contribution in [0.1, 0.15) is 50.6 Å².